The lowest BCUT2D eigenvalue weighted by Crippen LogP contribution is -2.25. The van der Waals surface area contributed by atoms with Crippen LogP contribution in [0.4, 0.5) is 5.69 Å². The third-order valence-electron chi connectivity index (χ3n) is 2.31. The van der Waals surface area contributed by atoms with Gasteiger partial charge < -0.3 is 11.1 Å². The topological polar surface area (TPSA) is 72.2 Å². The molecule has 1 aromatic carbocycles. The minimum atomic E-state index is -3.13. The molecule has 5 heteroatoms. The van der Waals surface area contributed by atoms with Gasteiger partial charge in [-0.25, -0.2) is 8.42 Å². The Bertz CT molecular complexity index is 440. The molecule has 0 radical (unpaired) electrons. The summed E-state index contributed by atoms with van der Waals surface area (Å²) in [6, 6.07) is 5.34. The summed E-state index contributed by atoms with van der Waals surface area (Å²) >= 11 is 0. The second-order valence-corrected chi connectivity index (χ2v) is 5.29. The first-order chi connectivity index (χ1) is 6.65. The third kappa shape index (κ3) is 1.38. The molecule has 3 N–H and O–H groups in total. The number of nitrogens with two attached hydrogens (primary N) is 1. The molecule has 0 amide bonds. The third-order valence-corrected chi connectivity index (χ3v) is 4.16. The molecule has 2 rings (SSSR count). The van der Waals surface area contributed by atoms with E-state index in [0.717, 1.165) is 0 Å². The summed E-state index contributed by atoms with van der Waals surface area (Å²) in [7, 11) is -3.13. The van der Waals surface area contributed by atoms with Gasteiger partial charge in [0.25, 0.3) is 0 Å². The van der Waals surface area contributed by atoms with Gasteiger partial charge in [0.05, 0.1) is 16.3 Å². The lowest BCUT2D eigenvalue weighted by atomic mass is 10.2. The quantitative estimate of drug-likeness (QED) is 0.704. The number of nitrogens with one attached hydrogen (secondary N) is 1. The number of fused-ring (bicyclic) bond motifs is 1. The number of hydrogen-bond donors (Lipinski definition) is 2. The first-order valence-electron chi connectivity index (χ1n) is 4.44. The standard InChI is InChI=1S/C9H12N2O2S/c10-6-7-2-1-3-8-9(7)14(12,13)5-4-11-8/h1-3,11H,4-6,10H2. The average Bonchev–Trinajstić information content (AvgIpc) is 2.16. The number of sulfone groups is 1. The molecular formula is C9H12N2O2S. The Morgan fingerprint density at radius 2 is 2.21 bits per heavy atom. The molecule has 0 saturated carbocycles. The number of benzene rings is 1. The normalized spacial score (nSPS) is 18.4. The van der Waals surface area contributed by atoms with Crippen molar-refractivity contribution >= 4 is 15.5 Å². The lowest BCUT2D eigenvalue weighted by molar-refractivity contribution is 0.593. The molecule has 76 valence electrons. The Labute approximate surface area is 83.0 Å². The van der Waals surface area contributed by atoms with Crippen LogP contribution in [0.5, 0.6) is 0 Å². The van der Waals surface area contributed by atoms with Crippen LogP contribution < -0.4 is 11.1 Å². The highest BCUT2D eigenvalue weighted by molar-refractivity contribution is 7.91. The molecule has 0 fully saturated rings. The van der Waals surface area contributed by atoms with Crippen LogP contribution >= 0.6 is 0 Å². The zero-order valence-corrected chi connectivity index (χ0v) is 8.47. The van der Waals surface area contributed by atoms with Crippen LogP contribution in [0.2, 0.25) is 0 Å². The molecule has 0 spiro atoms. The first kappa shape index (κ1) is 9.48. The van der Waals surface area contributed by atoms with Crippen molar-refractivity contribution in [3.8, 4) is 0 Å². The van der Waals surface area contributed by atoms with Gasteiger partial charge in [-0.2, -0.15) is 0 Å². The summed E-state index contributed by atoms with van der Waals surface area (Å²) in [5, 5.41) is 3.06. The Hall–Kier alpha value is -1.07. The fraction of sp³-hybridized carbons (Fsp3) is 0.333. The summed E-state index contributed by atoms with van der Waals surface area (Å²) in [5.41, 5.74) is 6.87. The zero-order chi connectivity index (χ0) is 10.2. The van der Waals surface area contributed by atoms with Gasteiger partial charge in [0.2, 0.25) is 0 Å². The van der Waals surface area contributed by atoms with E-state index in [4.69, 9.17) is 5.73 Å². The lowest BCUT2D eigenvalue weighted by Gasteiger charge is -2.20. The fourth-order valence-electron chi connectivity index (χ4n) is 1.67. The Kier molecular flexibility index (Phi) is 2.20. The smallest absolute Gasteiger partial charge is 0.182 e. The highest BCUT2D eigenvalue weighted by Crippen LogP contribution is 2.29. The second kappa shape index (κ2) is 3.25. The van der Waals surface area contributed by atoms with Crippen LogP contribution in [0.15, 0.2) is 23.1 Å². The molecule has 0 unspecified atom stereocenters. The van der Waals surface area contributed by atoms with Crippen LogP contribution in [-0.4, -0.2) is 20.7 Å². The van der Waals surface area contributed by atoms with Crippen molar-refractivity contribution in [2.75, 3.05) is 17.6 Å². The monoisotopic (exact) mass is 212 g/mol. The van der Waals surface area contributed by atoms with Crippen molar-refractivity contribution in [3.63, 3.8) is 0 Å². The molecule has 14 heavy (non-hydrogen) atoms. The molecule has 0 saturated heterocycles. The average molecular weight is 212 g/mol. The van der Waals surface area contributed by atoms with Gasteiger partial charge in [-0.05, 0) is 11.6 Å². The predicted molar refractivity (Wildman–Crippen MR) is 54.9 cm³/mol. The molecule has 1 aliphatic rings. The van der Waals surface area contributed by atoms with Crippen molar-refractivity contribution in [1.82, 2.24) is 0 Å². The van der Waals surface area contributed by atoms with E-state index in [-0.39, 0.29) is 12.3 Å². The van der Waals surface area contributed by atoms with Gasteiger partial charge >= 0.3 is 0 Å². The summed E-state index contributed by atoms with van der Waals surface area (Å²) in [6.07, 6.45) is 0. The fourth-order valence-corrected chi connectivity index (χ4v) is 3.28. The SMILES string of the molecule is NCc1cccc2c1S(=O)(=O)CCN2. The molecule has 1 aliphatic heterocycles. The van der Waals surface area contributed by atoms with E-state index in [2.05, 4.69) is 5.32 Å². The van der Waals surface area contributed by atoms with Gasteiger partial charge in [-0.3, -0.25) is 0 Å². The Balaban J connectivity index is 2.71. The maximum Gasteiger partial charge on any atom is 0.182 e. The maximum absolute atomic E-state index is 11.8. The highest BCUT2D eigenvalue weighted by atomic mass is 32.2. The van der Waals surface area contributed by atoms with E-state index in [1.807, 2.05) is 6.07 Å². The van der Waals surface area contributed by atoms with Gasteiger partial charge in [0.1, 0.15) is 0 Å². The van der Waals surface area contributed by atoms with Crippen molar-refractivity contribution in [1.29, 1.82) is 0 Å². The molecule has 0 bridgehead atoms. The number of rotatable bonds is 1. The van der Waals surface area contributed by atoms with Crippen molar-refractivity contribution in [3.05, 3.63) is 23.8 Å². The van der Waals surface area contributed by atoms with E-state index in [1.54, 1.807) is 12.1 Å². The summed E-state index contributed by atoms with van der Waals surface area (Å²) in [4.78, 5) is 0.383. The molecule has 0 aliphatic carbocycles. The zero-order valence-electron chi connectivity index (χ0n) is 7.66. The van der Waals surface area contributed by atoms with Gasteiger partial charge in [0, 0.05) is 13.1 Å². The van der Waals surface area contributed by atoms with Crippen LogP contribution in [-0.2, 0) is 16.4 Å². The Morgan fingerprint density at radius 1 is 1.43 bits per heavy atom. The van der Waals surface area contributed by atoms with E-state index < -0.39 is 9.84 Å². The van der Waals surface area contributed by atoms with Gasteiger partial charge in [0.15, 0.2) is 9.84 Å². The minimum absolute atomic E-state index is 0.150. The summed E-state index contributed by atoms with van der Waals surface area (Å²) in [6.45, 7) is 0.730. The van der Waals surface area contributed by atoms with Gasteiger partial charge in [-0.1, -0.05) is 12.1 Å². The van der Waals surface area contributed by atoms with E-state index in [1.165, 1.54) is 0 Å². The number of anilines is 1. The van der Waals surface area contributed by atoms with E-state index in [0.29, 0.717) is 22.7 Å². The van der Waals surface area contributed by atoms with Crippen LogP contribution in [0.3, 0.4) is 0 Å². The van der Waals surface area contributed by atoms with E-state index >= 15 is 0 Å². The predicted octanol–water partition coefficient (Wildman–Crippen LogP) is 0.344. The molecular weight excluding hydrogens is 200 g/mol. The van der Waals surface area contributed by atoms with Crippen LogP contribution in [0, 0.1) is 0 Å². The number of hydrogen-bond acceptors (Lipinski definition) is 4. The first-order valence-corrected chi connectivity index (χ1v) is 6.09. The molecule has 0 aromatic heterocycles. The molecule has 4 nitrogen and oxygen atoms in total. The summed E-state index contributed by atoms with van der Waals surface area (Å²) < 4.78 is 23.5. The Morgan fingerprint density at radius 3 is 2.93 bits per heavy atom. The van der Waals surface area contributed by atoms with Gasteiger partial charge in [-0.15, -0.1) is 0 Å². The van der Waals surface area contributed by atoms with Crippen molar-refractivity contribution in [2.24, 2.45) is 5.73 Å². The minimum Gasteiger partial charge on any atom is -0.383 e. The summed E-state index contributed by atoms with van der Waals surface area (Å²) in [5.74, 6) is 0.150. The molecule has 1 heterocycles. The maximum atomic E-state index is 11.8. The largest absolute Gasteiger partial charge is 0.383 e. The molecule has 1 aromatic rings. The molecule has 0 atom stereocenters. The highest BCUT2D eigenvalue weighted by Gasteiger charge is 2.25. The van der Waals surface area contributed by atoms with Crippen molar-refractivity contribution < 1.29 is 8.42 Å². The van der Waals surface area contributed by atoms with Crippen molar-refractivity contribution in [2.45, 2.75) is 11.4 Å². The second-order valence-electron chi connectivity index (χ2n) is 3.24. The van der Waals surface area contributed by atoms with Crippen LogP contribution in [0.25, 0.3) is 0 Å². The van der Waals surface area contributed by atoms with E-state index in [9.17, 15) is 8.42 Å². The van der Waals surface area contributed by atoms with Crippen LogP contribution in [0.1, 0.15) is 5.56 Å².